The van der Waals surface area contributed by atoms with Crippen LogP contribution in [0.2, 0.25) is 0 Å². The highest BCUT2D eigenvalue weighted by molar-refractivity contribution is 7.80. The van der Waals surface area contributed by atoms with Crippen molar-refractivity contribution < 1.29 is 9.66 Å². The number of thiol groups is 1. The second kappa shape index (κ2) is 7.09. The van der Waals surface area contributed by atoms with Crippen LogP contribution in [0.3, 0.4) is 0 Å². The second-order valence-corrected chi connectivity index (χ2v) is 4.82. The number of non-ortho nitro benzene ring substituents is 1. The Labute approximate surface area is 122 Å². The number of rotatable bonds is 7. The SMILES string of the molecule is O=[N+]([O-])c1ccc(OCCCCCS)c2ncccc12. The Morgan fingerprint density at radius 3 is 2.85 bits per heavy atom. The zero-order chi connectivity index (χ0) is 14.4. The predicted molar refractivity (Wildman–Crippen MR) is 81.6 cm³/mol. The Morgan fingerprint density at radius 2 is 2.10 bits per heavy atom. The minimum atomic E-state index is -0.402. The van der Waals surface area contributed by atoms with Gasteiger partial charge in [-0.2, -0.15) is 12.6 Å². The maximum atomic E-state index is 11.0. The number of nitro benzene ring substituents is 1. The van der Waals surface area contributed by atoms with Crippen LogP contribution in [-0.2, 0) is 0 Å². The number of aromatic nitrogens is 1. The van der Waals surface area contributed by atoms with Crippen molar-refractivity contribution in [3.05, 3.63) is 40.6 Å². The second-order valence-electron chi connectivity index (χ2n) is 4.37. The summed E-state index contributed by atoms with van der Waals surface area (Å²) in [6, 6.07) is 6.46. The molecule has 0 unspecified atom stereocenters. The molecule has 0 amide bonds. The largest absolute Gasteiger partial charge is 0.491 e. The van der Waals surface area contributed by atoms with Gasteiger partial charge in [-0.05, 0) is 43.2 Å². The van der Waals surface area contributed by atoms with E-state index in [1.165, 1.54) is 6.07 Å². The lowest BCUT2D eigenvalue weighted by Gasteiger charge is -2.08. The van der Waals surface area contributed by atoms with E-state index in [1.54, 1.807) is 24.4 Å². The van der Waals surface area contributed by atoms with Crippen molar-refractivity contribution in [2.24, 2.45) is 0 Å². The van der Waals surface area contributed by atoms with Gasteiger partial charge < -0.3 is 4.74 Å². The van der Waals surface area contributed by atoms with Crippen molar-refractivity contribution in [1.29, 1.82) is 0 Å². The minimum Gasteiger partial charge on any atom is -0.491 e. The normalized spacial score (nSPS) is 10.7. The van der Waals surface area contributed by atoms with Crippen LogP contribution in [0.5, 0.6) is 5.75 Å². The predicted octanol–water partition coefficient (Wildman–Crippen LogP) is 3.62. The van der Waals surface area contributed by atoms with Crippen molar-refractivity contribution >= 4 is 29.2 Å². The summed E-state index contributed by atoms with van der Waals surface area (Å²) in [5.41, 5.74) is 0.589. The van der Waals surface area contributed by atoms with Gasteiger partial charge in [0, 0.05) is 12.3 Å². The first-order valence-electron chi connectivity index (χ1n) is 6.50. The first-order chi connectivity index (χ1) is 9.74. The molecule has 1 aromatic heterocycles. The number of unbranched alkanes of at least 4 members (excludes halogenated alkanes) is 2. The van der Waals surface area contributed by atoms with Crippen LogP contribution in [0.1, 0.15) is 19.3 Å². The molecule has 0 atom stereocenters. The Bertz CT molecular complexity index is 604. The smallest absolute Gasteiger partial charge is 0.279 e. The molecule has 6 heteroatoms. The third kappa shape index (κ3) is 3.39. The van der Waals surface area contributed by atoms with Crippen LogP contribution in [0.15, 0.2) is 30.5 Å². The van der Waals surface area contributed by atoms with Gasteiger partial charge in [0.2, 0.25) is 0 Å². The quantitative estimate of drug-likeness (QED) is 0.366. The molecule has 0 radical (unpaired) electrons. The van der Waals surface area contributed by atoms with Crippen molar-refractivity contribution in [3.63, 3.8) is 0 Å². The molecule has 0 aliphatic heterocycles. The zero-order valence-electron chi connectivity index (χ0n) is 11.0. The average Bonchev–Trinajstić information content (AvgIpc) is 2.46. The summed E-state index contributed by atoms with van der Waals surface area (Å²) >= 11 is 4.16. The topological polar surface area (TPSA) is 65.3 Å². The first kappa shape index (κ1) is 14.6. The van der Waals surface area contributed by atoms with Gasteiger partial charge in [-0.3, -0.25) is 15.1 Å². The Balaban J connectivity index is 2.18. The van der Waals surface area contributed by atoms with Gasteiger partial charge in [0.15, 0.2) is 0 Å². The molecule has 0 spiro atoms. The highest BCUT2D eigenvalue weighted by Crippen LogP contribution is 2.31. The van der Waals surface area contributed by atoms with Crippen molar-refractivity contribution in [1.82, 2.24) is 4.98 Å². The summed E-state index contributed by atoms with van der Waals surface area (Å²) < 4.78 is 5.69. The molecule has 0 bridgehead atoms. The zero-order valence-corrected chi connectivity index (χ0v) is 11.9. The maximum absolute atomic E-state index is 11.0. The number of ether oxygens (including phenoxy) is 1. The van der Waals surface area contributed by atoms with Crippen molar-refractivity contribution in [2.45, 2.75) is 19.3 Å². The lowest BCUT2D eigenvalue weighted by molar-refractivity contribution is -0.383. The molecule has 106 valence electrons. The number of hydrogen-bond donors (Lipinski definition) is 1. The number of nitrogens with zero attached hydrogens (tertiary/aromatic N) is 2. The number of hydrogen-bond acceptors (Lipinski definition) is 5. The Morgan fingerprint density at radius 1 is 1.25 bits per heavy atom. The van der Waals surface area contributed by atoms with E-state index in [2.05, 4.69) is 17.6 Å². The molecule has 0 saturated heterocycles. The van der Waals surface area contributed by atoms with Crippen LogP contribution < -0.4 is 4.74 Å². The molecule has 2 aromatic rings. The van der Waals surface area contributed by atoms with Gasteiger partial charge >= 0.3 is 0 Å². The van der Waals surface area contributed by atoms with Crippen LogP contribution in [0.25, 0.3) is 10.9 Å². The molecular weight excluding hydrogens is 276 g/mol. The Kier molecular flexibility index (Phi) is 5.17. The van der Waals surface area contributed by atoms with Gasteiger partial charge in [-0.15, -0.1) is 0 Å². The number of nitro groups is 1. The first-order valence-corrected chi connectivity index (χ1v) is 7.13. The van der Waals surface area contributed by atoms with Crippen molar-refractivity contribution in [3.8, 4) is 5.75 Å². The molecule has 0 N–H and O–H groups in total. The number of benzene rings is 1. The third-order valence-corrected chi connectivity index (χ3v) is 3.28. The fourth-order valence-electron chi connectivity index (χ4n) is 1.98. The van der Waals surface area contributed by atoms with E-state index in [9.17, 15) is 10.1 Å². The molecule has 1 aromatic carbocycles. The van der Waals surface area contributed by atoms with Crippen molar-refractivity contribution in [2.75, 3.05) is 12.4 Å². The van der Waals surface area contributed by atoms with E-state index in [1.807, 2.05) is 0 Å². The highest BCUT2D eigenvalue weighted by Gasteiger charge is 2.15. The highest BCUT2D eigenvalue weighted by atomic mass is 32.1. The summed E-state index contributed by atoms with van der Waals surface area (Å²) in [4.78, 5) is 14.8. The van der Waals surface area contributed by atoms with Crippen LogP contribution >= 0.6 is 12.6 Å². The van der Waals surface area contributed by atoms with E-state index in [0.29, 0.717) is 23.3 Å². The standard InChI is InChI=1S/C14H16N2O3S/c17-16(18)12-6-7-13(19-9-2-1-3-10-20)14-11(12)5-4-8-15-14/h4-8,20H,1-3,9-10H2. The summed E-state index contributed by atoms with van der Waals surface area (Å²) in [5, 5.41) is 11.5. The summed E-state index contributed by atoms with van der Waals surface area (Å²) in [7, 11) is 0. The van der Waals surface area contributed by atoms with Gasteiger partial charge in [-0.25, -0.2) is 0 Å². The molecule has 0 fully saturated rings. The minimum absolute atomic E-state index is 0.0514. The summed E-state index contributed by atoms with van der Waals surface area (Å²) in [6.45, 7) is 0.581. The van der Waals surface area contributed by atoms with Crippen LogP contribution in [0.4, 0.5) is 5.69 Å². The van der Waals surface area contributed by atoms with E-state index in [0.717, 1.165) is 25.0 Å². The molecular formula is C14H16N2O3S. The molecule has 0 aliphatic rings. The van der Waals surface area contributed by atoms with Gasteiger partial charge in [-0.1, -0.05) is 0 Å². The lowest BCUT2D eigenvalue weighted by Crippen LogP contribution is -2.00. The number of fused-ring (bicyclic) bond motifs is 1. The summed E-state index contributed by atoms with van der Waals surface area (Å²) in [6.07, 6.45) is 4.67. The van der Waals surface area contributed by atoms with Gasteiger partial charge in [0.1, 0.15) is 11.3 Å². The van der Waals surface area contributed by atoms with Gasteiger partial charge in [0.05, 0.1) is 16.9 Å². The van der Waals surface area contributed by atoms with E-state index in [4.69, 9.17) is 4.74 Å². The van der Waals surface area contributed by atoms with E-state index >= 15 is 0 Å². The van der Waals surface area contributed by atoms with E-state index in [-0.39, 0.29) is 5.69 Å². The third-order valence-electron chi connectivity index (χ3n) is 2.97. The van der Waals surface area contributed by atoms with E-state index < -0.39 is 4.92 Å². The molecule has 0 aliphatic carbocycles. The lowest BCUT2D eigenvalue weighted by atomic mass is 10.1. The maximum Gasteiger partial charge on any atom is 0.279 e. The fourth-order valence-corrected chi connectivity index (χ4v) is 2.20. The van der Waals surface area contributed by atoms with Gasteiger partial charge in [0.25, 0.3) is 5.69 Å². The molecule has 1 heterocycles. The van der Waals surface area contributed by atoms with Crippen LogP contribution in [-0.4, -0.2) is 22.3 Å². The molecule has 0 saturated carbocycles. The molecule has 20 heavy (non-hydrogen) atoms. The Hall–Kier alpha value is -1.82. The number of pyridine rings is 1. The monoisotopic (exact) mass is 292 g/mol. The summed E-state index contributed by atoms with van der Waals surface area (Å²) in [5.74, 6) is 1.47. The average molecular weight is 292 g/mol. The molecule has 5 nitrogen and oxygen atoms in total. The van der Waals surface area contributed by atoms with Crippen LogP contribution in [0, 0.1) is 10.1 Å². The molecule has 2 rings (SSSR count). The fraction of sp³-hybridized carbons (Fsp3) is 0.357.